The number of rotatable bonds is 4. The number of nitrogens with zero attached hydrogens (tertiary/aromatic N) is 5. The highest BCUT2D eigenvalue weighted by atomic mass is 15.1. The minimum atomic E-state index is 0.687. The highest BCUT2D eigenvalue weighted by molar-refractivity contribution is 6.09. The third-order valence-electron chi connectivity index (χ3n) is 7.44. The van der Waals surface area contributed by atoms with Crippen molar-refractivity contribution in [3.8, 4) is 45.2 Å². The number of hydrogen-bond acceptors (Lipinski definition) is 4. The standard InChI is InChI=1S/C36H23N5/c1-3-11-24(12-4-1)30-23-31(25-13-5-2-6-14-25)38-35(37-30)27-20-18-26(19-21-27)33-28-15-7-8-16-29(28)34-36(40-33)41-22-10-9-17-32(41)39-34/h1-23H. The van der Waals surface area contributed by atoms with E-state index in [1.54, 1.807) is 0 Å². The van der Waals surface area contributed by atoms with E-state index in [0.29, 0.717) is 5.82 Å². The summed E-state index contributed by atoms with van der Waals surface area (Å²) in [6.07, 6.45) is 2.01. The largest absolute Gasteiger partial charge is 0.284 e. The molecule has 0 spiro atoms. The predicted molar refractivity (Wildman–Crippen MR) is 165 cm³/mol. The van der Waals surface area contributed by atoms with Gasteiger partial charge in [-0.2, -0.15) is 0 Å². The Kier molecular flexibility index (Phi) is 5.38. The van der Waals surface area contributed by atoms with Gasteiger partial charge in [0, 0.05) is 39.2 Å². The molecule has 4 heterocycles. The maximum absolute atomic E-state index is 5.14. The summed E-state index contributed by atoms with van der Waals surface area (Å²) >= 11 is 0. The molecule has 0 aliphatic carbocycles. The lowest BCUT2D eigenvalue weighted by atomic mass is 10.0. The summed E-state index contributed by atoms with van der Waals surface area (Å²) in [4.78, 5) is 20.0. The molecule has 4 aromatic heterocycles. The van der Waals surface area contributed by atoms with Crippen molar-refractivity contribution in [2.75, 3.05) is 0 Å². The van der Waals surface area contributed by atoms with Crippen LogP contribution in [0.5, 0.6) is 0 Å². The van der Waals surface area contributed by atoms with Gasteiger partial charge in [-0.3, -0.25) is 4.40 Å². The van der Waals surface area contributed by atoms with E-state index < -0.39 is 0 Å². The van der Waals surface area contributed by atoms with E-state index in [0.717, 1.165) is 66.9 Å². The number of benzene rings is 4. The second kappa shape index (κ2) is 9.50. The van der Waals surface area contributed by atoms with Crippen LogP contribution in [0.15, 0.2) is 140 Å². The van der Waals surface area contributed by atoms with Crippen LogP contribution < -0.4 is 0 Å². The van der Waals surface area contributed by atoms with E-state index in [1.165, 1.54) is 0 Å². The highest BCUT2D eigenvalue weighted by Crippen LogP contribution is 2.34. The molecule has 0 bridgehead atoms. The molecule has 0 unspecified atom stereocenters. The molecule has 0 amide bonds. The average molecular weight is 526 g/mol. The second-order valence-corrected chi connectivity index (χ2v) is 9.99. The normalized spacial score (nSPS) is 11.4. The molecule has 0 fully saturated rings. The minimum absolute atomic E-state index is 0.687. The molecule has 0 saturated carbocycles. The molecule has 8 aromatic rings. The third-order valence-corrected chi connectivity index (χ3v) is 7.44. The summed E-state index contributed by atoms with van der Waals surface area (Å²) in [6, 6.07) is 45.3. The van der Waals surface area contributed by atoms with Gasteiger partial charge in [-0.15, -0.1) is 0 Å². The van der Waals surface area contributed by atoms with Crippen LogP contribution in [0.4, 0.5) is 0 Å². The van der Waals surface area contributed by atoms with Crippen LogP contribution >= 0.6 is 0 Å². The number of imidazole rings is 1. The molecule has 5 nitrogen and oxygen atoms in total. The summed E-state index contributed by atoms with van der Waals surface area (Å²) in [6.45, 7) is 0. The summed E-state index contributed by atoms with van der Waals surface area (Å²) in [5.74, 6) is 0.687. The maximum Gasteiger partial charge on any atom is 0.165 e. The van der Waals surface area contributed by atoms with Crippen LogP contribution in [0.2, 0.25) is 0 Å². The Labute approximate surface area is 236 Å². The van der Waals surface area contributed by atoms with Crippen LogP contribution in [0.25, 0.3) is 72.7 Å². The van der Waals surface area contributed by atoms with Gasteiger partial charge < -0.3 is 0 Å². The van der Waals surface area contributed by atoms with Gasteiger partial charge in [-0.25, -0.2) is 19.9 Å². The molecule has 192 valence electrons. The lowest BCUT2D eigenvalue weighted by Gasteiger charge is -2.11. The molecular formula is C36H23N5. The van der Waals surface area contributed by atoms with E-state index in [-0.39, 0.29) is 0 Å². The third kappa shape index (κ3) is 4.03. The molecule has 0 aliphatic heterocycles. The summed E-state index contributed by atoms with van der Waals surface area (Å²) < 4.78 is 2.05. The molecule has 5 heteroatoms. The summed E-state index contributed by atoms with van der Waals surface area (Å²) in [5.41, 5.74) is 9.45. The Balaban J connectivity index is 1.27. The Morgan fingerprint density at radius 1 is 0.439 bits per heavy atom. The molecular weight excluding hydrogens is 502 g/mol. The van der Waals surface area contributed by atoms with E-state index in [2.05, 4.69) is 78.9 Å². The van der Waals surface area contributed by atoms with Crippen molar-refractivity contribution in [1.82, 2.24) is 24.3 Å². The molecule has 0 atom stereocenters. The van der Waals surface area contributed by atoms with Crippen molar-refractivity contribution in [2.24, 2.45) is 0 Å². The Bertz CT molecular complexity index is 2130. The van der Waals surface area contributed by atoms with Crippen molar-refractivity contribution >= 4 is 27.6 Å². The first-order valence-corrected chi connectivity index (χ1v) is 13.6. The van der Waals surface area contributed by atoms with Gasteiger partial charge in [-0.1, -0.05) is 115 Å². The Morgan fingerprint density at radius 3 is 1.71 bits per heavy atom. The first-order valence-electron chi connectivity index (χ1n) is 13.6. The quantitative estimate of drug-likeness (QED) is 0.231. The van der Waals surface area contributed by atoms with Crippen LogP contribution in [0, 0.1) is 0 Å². The first-order chi connectivity index (χ1) is 20.3. The molecule has 4 aromatic carbocycles. The van der Waals surface area contributed by atoms with E-state index in [1.807, 2.05) is 65.2 Å². The van der Waals surface area contributed by atoms with E-state index in [4.69, 9.17) is 19.9 Å². The van der Waals surface area contributed by atoms with E-state index >= 15 is 0 Å². The van der Waals surface area contributed by atoms with Crippen molar-refractivity contribution in [3.63, 3.8) is 0 Å². The summed E-state index contributed by atoms with van der Waals surface area (Å²) in [5, 5.41) is 2.16. The van der Waals surface area contributed by atoms with Gasteiger partial charge >= 0.3 is 0 Å². The molecule has 8 rings (SSSR count). The van der Waals surface area contributed by atoms with Crippen molar-refractivity contribution in [3.05, 3.63) is 140 Å². The summed E-state index contributed by atoms with van der Waals surface area (Å²) in [7, 11) is 0. The number of fused-ring (bicyclic) bond motifs is 5. The van der Waals surface area contributed by atoms with Gasteiger partial charge in [0.2, 0.25) is 0 Å². The molecule has 0 saturated heterocycles. The number of aromatic nitrogens is 5. The molecule has 0 N–H and O–H groups in total. The van der Waals surface area contributed by atoms with Crippen LogP contribution in [0.3, 0.4) is 0 Å². The van der Waals surface area contributed by atoms with Gasteiger partial charge in [0.15, 0.2) is 11.5 Å². The van der Waals surface area contributed by atoms with Crippen molar-refractivity contribution in [2.45, 2.75) is 0 Å². The van der Waals surface area contributed by atoms with Gasteiger partial charge in [0.1, 0.15) is 11.2 Å². The fraction of sp³-hybridized carbons (Fsp3) is 0. The maximum atomic E-state index is 5.14. The lowest BCUT2D eigenvalue weighted by molar-refractivity contribution is 1.18. The van der Waals surface area contributed by atoms with Crippen LogP contribution in [-0.4, -0.2) is 24.3 Å². The first kappa shape index (κ1) is 23.2. The fourth-order valence-corrected chi connectivity index (χ4v) is 5.42. The van der Waals surface area contributed by atoms with Crippen LogP contribution in [-0.2, 0) is 0 Å². The zero-order valence-electron chi connectivity index (χ0n) is 22.0. The van der Waals surface area contributed by atoms with Crippen molar-refractivity contribution < 1.29 is 0 Å². The minimum Gasteiger partial charge on any atom is -0.284 e. The molecule has 0 aliphatic rings. The van der Waals surface area contributed by atoms with Gasteiger partial charge in [-0.05, 0) is 18.2 Å². The van der Waals surface area contributed by atoms with Gasteiger partial charge in [0.05, 0.1) is 17.1 Å². The Hall–Kier alpha value is -5.68. The Morgan fingerprint density at radius 2 is 1.02 bits per heavy atom. The van der Waals surface area contributed by atoms with Crippen LogP contribution in [0.1, 0.15) is 0 Å². The smallest absolute Gasteiger partial charge is 0.165 e. The zero-order valence-corrected chi connectivity index (χ0v) is 22.0. The SMILES string of the molecule is c1ccc(-c2cc(-c3ccccc3)nc(-c3ccc(-c4nc5c(nc6ccccn65)c5ccccc45)cc3)n2)cc1. The average Bonchev–Trinajstić information content (AvgIpc) is 3.44. The van der Waals surface area contributed by atoms with Crippen molar-refractivity contribution in [1.29, 1.82) is 0 Å². The number of hydrogen-bond donors (Lipinski definition) is 0. The zero-order chi connectivity index (χ0) is 27.2. The molecule has 0 radical (unpaired) electrons. The monoisotopic (exact) mass is 525 g/mol. The second-order valence-electron chi connectivity index (χ2n) is 9.99. The van der Waals surface area contributed by atoms with Gasteiger partial charge in [0.25, 0.3) is 0 Å². The lowest BCUT2D eigenvalue weighted by Crippen LogP contribution is -1.96. The topological polar surface area (TPSA) is 56.0 Å². The predicted octanol–water partition coefficient (Wildman–Crippen LogP) is 8.49. The number of pyridine rings is 2. The molecule has 41 heavy (non-hydrogen) atoms. The van der Waals surface area contributed by atoms with E-state index in [9.17, 15) is 0 Å². The highest BCUT2D eigenvalue weighted by Gasteiger charge is 2.16. The fourth-order valence-electron chi connectivity index (χ4n) is 5.42.